The third-order valence-corrected chi connectivity index (χ3v) is 16.7. The summed E-state index contributed by atoms with van der Waals surface area (Å²) in [7, 11) is 1.48. The molecule has 490 valence electrons. The van der Waals surface area contributed by atoms with E-state index in [0.29, 0.717) is 17.4 Å². The van der Waals surface area contributed by atoms with Crippen LogP contribution in [0, 0.1) is 0 Å². The zero-order chi connectivity index (χ0) is 61.2. The summed E-state index contributed by atoms with van der Waals surface area (Å²) in [5.74, 6) is -0.793. The Labute approximate surface area is 520 Å². The number of ether oxygens (including phenoxy) is 2. The number of hydrogen-bond acceptors (Lipinski definition) is 7. The number of unbranched alkanes of at least 4 members (excludes halogenated alkanes) is 40. The molecule has 0 aromatic carbocycles. The maximum absolute atomic E-state index is 12.9. The fraction of sp³-hybridized carbons (Fsp3) is 0.811. The van der Waals surface area contributed by atoms with E-state index in [4.69, 9.17) is 18.5 Å². The summed E-state index contributed by atoms with van der Waals surface area (Å²) in [5, 5.41) is 0. The first kappa shape index (κ1) is 81.5. The van der Waals surface area contributed by atoms with Crippen molar-refractivity contribution < 1.29 is 42.1 Å². The largest absolute Gasteiger partial charge is 0.472 e. The van der Waals surface area contributed by atoms with Crippen LogP contribution in [0.25, 0.3) is 0 Å². The number of likely N-dealkylation sites (N-methyl/N-ethyl adjacent to an activating group) is 1. The average Bonchev–Trinajstić information content (AvgIpc) is 3.61. The van der Waals surface area contributed by atoms with E-state index in [1.54, 1.807) is 0 Å². The van der Waals surface area contributed by atoms with E-state index in [1.807, 2.05) is 21.1 Å². The maximum atomic E-state index is 12.9. The molecule has 0 rings (SSSR count). The lowest BCUT2D eigenvalue weighted by Crippen LogP contribution is -2.37. The third-order valence-electron chi connectivity index (χ3n) is 15.7. The molecule has 0 bridgehead atoms. The molecule has 0 saturated heterocycles. The van der Waals surface area contributed by atoms with Gasteiger partial charge in [-0.15, -0.1) is 0 Å². The molecule has 10 heteroatoms. The van der Waals surface area contributed by atoms with E-state index in [9.17, 15) is 19.0 Å². The Balaban J connectivity index is 3.99. The van der Waals surface area contributed by atoms with Crippen molar-refractivity contribution in [3.05, 3.63) is 72.9 Å². The monoisotopic (exact) mass is 1200 g/mol. The summed E-state index contributed by atoms with van der Waals surface area (Å²) >= 11 is 0. The molecule has 2 unspecified atom stereocenters. The van der Waals surface area contributed by atoms with Crippen molar-refractivity contribution in [2.45, 2.75) is 341 Å². The second-order valence-corrected chi connectivity index (χ2v) is 26.7. The maximum Gasteiger partial charge on any atom is 0.472 e. The SMILES string of the molecule is CCCCCCC/C=C\C/C=C\C/C=C\CCCCCCCCCCCCCCCCCCCCCCCCC(=O)OC(COC(=O)CCCCCCCCCC/C=C\C/C=C\C/C=C\CCCCCCC)COP(=O)(O)OCC[N+](C)(C)C. The lowest BCUT2D eigenvalue weighted by Gasteiger charge is -2.24. The van der Waals surface area contributed by atoms with Crippen LogP contribution in [-0.2, 0) is 32.7 Å². The molecule has 0 radical (unpaired) electrons. The molecule has 9 nitrogen and oxygen atoms in total. The van der Waals surface area contributed by atoms with Gasteiger partial charge < -0.3 is 18.9 Å². The first-order valence-corrected chi connectivity index (χ1v) is 37.2. The lowest BCUT2D eigenvalue weighted by molar-refractivity contribution is -0.870. The molecule has 1 N–H and O–H groups in total. The summed E-state index contributed by atoms with van der Waals surface area (Å²) in [6, 6.07) is 0. The van der Waals surface area contributed by atoms with Crippen molar-refractivity contribution in [2.24, 2.45) is 0 Å². The summed E-state index contributed by atoms with van der Waals surface area (Å²) in [6.07, 6.45) is 87.3. The van der Waals surface area contributed by atoms with Gasteiger partial charge in [-0.3, -0.25) is 18.6 Å². The molecule has 0 fully saturated rings. The van der Waals surface area contributed by atoms with Crippen LogP contribution in [0.2, 0.25) is 0 Å². The molecule has 0 heterocycles. The number of carbonyl (C=O) groups is 2. The minimum absolute atomic E-state index is 0.0298. The molecule has 0 spiro atoms. The molecule has 0 saturated carbocycles. The van der Waals surface area contributed by atoms with E-state index in [1.165, 1.54) is 231 Å². The Morgan fingerprint density at radius 3 is 0.952 bits per heavy atom. The molecular formula is C74H137NO8P+. The molecule has 0 aliphatic carbocycles. The number of rotatable bonds is 66. The molecular weight excluding hydrogens is 1060 g/mol. The van der Waals surface area contributed by atoms with E-state index in [0.717, 1.165) is 70.6 Å². The standard InChI is InChI=1S/C74H136NO8P/c1-6-8-10-12-14-16-18-20-22-24-26-28-30-31-32-33-34-35-36-37-38-39-40-41-42-43-45-47-49-51-53-55-57-59-61-63-65-67-74(77)83-72(71-82-84(78,79)81-69-68-75(3,4)5)70-80-73(76)66-64-62-60-58-56-54-52-50-48-46-44-29-27-25-23-21-19-17-15-13-11-9-7-2/h18-21,24-27,30-31,44,46,72H,6-17,22-23,28-29,32-43,45,47-71H2,1-5H3/p+1/b20-18-,21-19-,26-24-,27-25-,31-30-,46-44-. The zero-order valence-corrected chi connectivity index (χ0v) is 56.8. The summed E-state index contributed by atoms with van der Waals surface area (Å²) in [5.41, 5.74) is 0. The Morgan fingerprint density at radius 1 is 0.369 bits per heavy atom. The number of quaternary nitrogens is 1. The Hall–Kier alpha value is -2.55. The number of carbonyl (C=O) groups excluding carboxylic acids is 2. The number of esters is 2. The van der Waals surface area contributed by atoms with Gasteiger partial charge in [0, 0.05) is 12.8 Å². The molecule has 0 aliphatic heterocycles. The average molecular weight is 1200 g/mol. The van der Waals surface area contributed by atoms with E-state index >= 15 is 0 Å². The first-order chi connectivity index (χ1) is 41.0. The van der Waals surface area contributed by atoms with Crippen LogP contribution >= 0.6 is 7.82 Å². The fourth-order valence-electron chi connectivity index (χ4n) is 10.2. The number of hydrogen-bond donors (Lipinski definition) is 1. The highest BCUT2D eigenvalue weighted by Crippen LogP contribution is 2.43. The zero-order valence-electron chi connectivity index (χ0n) is 55.9. The molecule has 0 amide bonds. The van der Waals surface area contributed by atoms with Gasteiger partial charge in [-0.1, -0.05) is 305 Å². The van der Waals surface area contributed by atoms with Crippen LogP contribution in [0.4, 0.5) is 0 Å². The number of allylic oxidation sites excluding steroid dienone is 12. The van der Waals surface area contributed by atoms with E-state index in [-0.39, 0.29) is 32.0 Å². The van der Waals surface area contributed by atoms with Gasteiger partial charge in [0.1, 0.15) is 19.8 Å². The van der Waals surface area contributed by atoms with E-state index in [2.05, 4.69) is 86.8 Å². The normalized spacial score (nSPS) is 13.5. The summed E-state index contributed by atoms with van der Waals surface area (Å²) < 4.78 is 34.7. The van der Waals surface area contributed by atoms with Crippen molar-refractivity contribution in [3.63, 3.8) is 0 Å². The van der Waals surface area contributed by atoms with Crippen LogP contribution in [0.1, 0.15) is 335 Å². The smallest absolute Gasteiger partial charge is 0.462 e. The molecule has 2 atom stereocenters. The van der Waals surface area contributed by atoms with Crippen LogP contribution in [0.15, 0.2) is 72.9 Å². The predicted molar refractivity (Wildman–Crippen MR) is 363 cm³/mol. The highest BCUT2D eigenvalue weighted by atomic mass is 31.2. The van der Waals surface area contributed by atoms with Gasteiger partial charge in [0.2, 0.25) is 0 Å². The quantitative estimate of drug-likeness (QED) is 0.0211. The van der Waals surface area contributed by atoms with Crippen LogP contribution in [0.5, 0.6) is 0 Å². The van der Waals surface area contributed by atoms with Gasteiger partial charge >= 0.3 is 19.8 Å². The number of nitrogens with zero attached hydrogens (tertiary/aromatic N) is 1. The Kier molecular flexibility index (Phi) is 62.9. The summed E-state index contributed by atoms with van der Waals surface area (Å²) in [6.45, 7) is 4.44. The second-order valence-electron chi connectivity index (χ2n) is 25.3. The summed E-state index contributed by atoms with van der Waals surface area (Å²) in [4.78, 5) is 35.9. The predicted octanol–water partition coefficient (Wildman–Crippen LogP) is 23.2. The van der Waals surface area contributed by atoms with Crippen molar-refractivity contribution in [2.75, 3.05) is 47.5 Å². The second kappa shape index (κ2) is 64.9. The topological polar surface area (TPSA) is 108 Å². The number of phosphoric acid groups is 1. The molecule has 0 aliphatic rings. The lowest BCUT2D eigenvalue weighted by atomic mass is 10.0. The van der Waals surface area contributed by atoms with Crippen molar-refractivity contribution in [3.8, 4) is 0 Å². The highest BCUT2D eigenvalue weighted by molar-refractivity contribution is 7.47. The van der Waals surface area contributed by atoms with Crippen molar-refractivity contribution in [1.82, 2.24) is 0 Å². The minimum atomic E-state index is -4.39. The molecule has 84 heavy (non-hydrogen) atoms. The van der Waals surface area contributed by atoms with Gasteiger partial charge in [-0.25, -0.2) is 4.57 Å². The fourth-order valence-corrected chi connectivity index (χ4v) is 11.0. The van der Waals surface area contributed by atoms with Gasteiger partial charge in [0.15, 0.2) is 6.10 Å². The molecule has 0 aromatic heterocycles. The van der Waals surface area contributed by atoms with Crippen LogP contribution in [0.3, 0.4) is 0 Å². The Bertz CT molecular complexity index is 1650. The minimum Gasteiger partial charge on any atom is -0.462 e. The van der Waals surface area contributed by atoms with Gasteiger partial charge in [-0.2, -0.15) is 0 Å². The molecule has 0 aromatic rings. The van der Waals surface area contributed by atoms with Crippen molar-refractivity contribution in [1.29, 1.82) is 0 Å². The van der Waals surface area contributed by atoms with Crippen LogP contribution in [-0.4, -0.2) is 74.9 Å². The van der Waals surface area contributed by atoms with Gasteiger partial charge in [0.05, 0.1) is 27.7 Å². The van der Waals surface area contributed by atoms with Crippen LogP contribution < -0.4 is 0 Å². The van der Waals surface area contributed by atoms with Gasteiger partial charge in [0.25, 0.3) is 0 Å². The first-order valence-electron chi connectivity index (χ1n) is 35.7. The number of phosphoric ester groups is 1. The van der Waals surface area contributed by atoms with E-state index < -0.39 is 26.5 Å². The van der Waals surface area contributed by atoms with Crippen molar-refractivity contribution >= 4 is 19.8 Å². The highest BCUT2D eigenvalue weighted by Gasteiger charge is 2.27. The third kappa shape index (κ3) is 68.6. The van der Waals surface area contributed by atoms with Gasteiger partial charge in [-0.05, 0) is 89.9 Å². The Morgan fingerprint density at radius 2 is 0.643 bits per heavy atom.